The zero-order chi connectivity index (χ0) is 13.3. The maximum atomic E-state index is 11.1. The van der Waals surface area contributed by atoms with Crippen molar-refractivity contribution < 1.29 is 25.0 Å². The van der Waals surface area contributed by atoms with Crippen LogP contribution in [0.4, 0.5) is 17.1 Å². The minimum absolute atomic E-state index is 0. The van der Waals surface area contributed by atoms with Crippen molar-refractivity contribution in [3.63, 3.8) is 0 Å². The minimum atomic E-state index is -1.75. The van der Waals surface area contributed by atoms with Gasteiger partial charge >= 0.3 is 37.7 Å². The summed E-state index contributed by atoms with van der Waals surface area (Å²) in [5.74, 6) is -3.51. The molecule has 12 heteroatoms. The number of hydrogen-bond donors (Lipinski definition) is 0. The number of nitrogens with zero attached hydrogens (tertiary/aromatic N) is 3. The summed E-state index contributed by atoms with van der Waals surface area (Å²) in [4.78, 5) is 26.9. The van der Waals surface area contributed by atoms with E-state index in [0.29, 0.717) is 0 Å². The molecule has 1 aromatic rings. The molecule has 0 bridgehead atoms. The zero-order valence-electron chi connectivity index (χ0n) is 8.39. The first-order valence-corrected chi connectivity index (χ1v) is 3.75. The number of nitro benzene ring substituents is 3. The average molecular weight is 283 g/mol. The van der Waals surface area contributed by atoms with Crippen molar-refractivity contribution in [2.75, 3.05) is 0 Å². The number of hydrogen-bond acceptors (Lipinski definition) is 8. The molecule has 90 valence electrons. The Bertz CT molecular complexity index is 506. The molecule has 0 unspecified atom stereocenters. The van der Waals surface area contributed by atoms with Crippen LogP contribution < -0.4 is 10.2 Å². The fraction of sp³-hybridized carbons (Fsp3) is 0. The van der Waals surface area contributed by atoms with Crippen LogP contribution in [0.25, 0.3) is 0 Å². The molecule has 18 heavy (non-hydrogen) atoms. The molecule has 0 saturated heterocycles. The second kappa shape index (κ2) is 5.75. The van der Waals surface area contributed by atoms with Crippen molar-refractivity contribution in [1.29, 1.82) is 0 Å². The first-order valence-electron chi connectivity index (χ1n) is 3.75. The van der Waals surface area contributed by atoms with Gasteiger partial charge in [-0.2, -0.15) is 0 Å². The predicted molar refractivity (Wildman–Crippen MR) is 51.1 cm³/mol. The molecule has 11 nitrogen and oxygen atoms in total. The summed E-state index contributed by atoms with van der Waals surface area (Å²) < 4.78 is 0. The smallest absolute Gasteiger partial charge is 0.863 e. The molecule has 0 radical (unpaired) electrons. The van der Waals surface area contributed by atoms with Gasteiger partial charge in [0.1, 0.15) is 0 Å². The summed E-state index contributed by atoms with van der Waals surface area (Å²) in [5.41, 5.74) is -4.48. The fourth-order valence-electron chi connectivity index (χ4n) is 1.04. The summed E-state index contributed by atoms with van der Waals surface area (Å²) in [6, 6.07) is 0.109. The van der Waals surface area contributed by atoms with Crippen LogP contribution in [0.1, 0.15) is 0 Å². The summed E-state index contributed by atoms with van der Waals surface area (Å²) in [5, 5.41) is 53.3. The van der Waals surface area contributed by atoms with E-state index in [-0.39, 0.29) is 43.8 Å². The van der Waals surface area contributed by atoms with Crippen molar-refractivity contribution in [1.82, 2.24) is 0 Å². The molecule has 0 saturated carbocycles. The average Bonchev–Trinajstić information content (AvgIpc) is 2.15. The van der Waals surface area contributed by atoms with Gasteiger partial charge in [0.05, 0.1) is 32.3 Å². The van der Waals surface area contributed by atoms with Gasteiger partial charge in [-0.1, -0.05) is 0 Å². The normalized spacial score (nSPS) is 9.33. The summed E-state index contributed by atoms with van der Waals surface area (Å²) >= 11 is 0. The number of nitro groups is 3. The van der Waals surface area contributed by atoms with Gasteiger partial charge in [-0.15, -0.1) is 0 Å². The van der Waals surface area contributed by atoms with Crippen LogP contribution in [0.15, 0.2) is 6.07 Å². The molecule has 0 aliphatic heterocycles. The van der Waals surface area contributed by atoms with E-state index in [4.69, 9.17) is 0 Å². The largest absolute Gasteiger partial charge is 2.00 e. The maximum Gasteiger partial charge on any atom is 2.00 e. The van der Waals surface area contributed by atoms with Crippen LogP contribution in [0, 0.1) is 30.3 Å². The maximum absolute atomic E-state index is 11.1. The summed E-state index contributed by atoms with van der Waals surface area (Å²) in [6.45, 7) is 0. The first-order chi connectivity index (χ1) is 7.77. The quantitative estimate of drug-likeness (QED) is 0.392. The van der Waals surface area contributed by atoms with E-state index in [1.807, 2.05) is 0 Å². The number of rotatable bonds is 3. The van der Waals surface area contributed by atoms with Crippen molar-refractivity contribution in [2.45, 2.75) is 0 Å². The van der Waals surface area contributed by atoms with Gasteiger partial charge in [0.15, 0.2) is 0 Å². The van der Waals surface area contributed by atoms with E-state index in [0.717, 1.165) is 0 Å². The molecule has 1 aromatic carbocycles. The molecule has 0 aromatic heterocycles. The van der Waals surface area contributed by atoms with E-state index in [1.54, 1.807) is 0 Å². The SMILES string of the molecule is O=[N+]([O-])c1cc([N+](=O)[O-])c([O-])c([N+](=O)[O-])c1[O-].[Ca+2]. The van der Waals surface area contributed by atoms with Gasteiger partial charge in [-0.05, 0) is 0 Å². The van der Waals surface area contributed by atoms with Crippen LogP contribution >= 0.6 is 0 Å². The molecule has 0 spiro atoms. The predicted octanol–water partition coefficient (Wildman–Crippen LogP) is -0.822. The molecule has 1 rings (SSSR count). The first kappa shape index (κ1) is 16.3. The Morgan fingerprint density at radius 1 is 0.778 bits per heavy atom. The molecule has 0 fully saturated rings. The van der Waals surface area contributed by atoms with E-state index in [2.05, 4.69) is 0 Å². The Kier molecular flexibility index (Phi) is 5.20. The molecular weight excluding hydrogens is 282 g/mol. The Morgan fingerprint density at radius 3 is 1.33 bits per heavy atom. The van der Waals surface area contributed by atoms with Crippen molar-refractivity contribution in [2.24, 2.45) is 0 Å². The van der Waals surface area contributed by atoms with Gasteiger partial charge in [-0.3, -0.25) is 30.3 Å². The number of benzene rings is 1. The van der Waals surface area contributed by atoms with Gasteiger partial charge in [-0.25, -0.2) is 0 Å². The third-order valence-electron chi connectivity index (χ3n) is 1.74. The minimum Gasteiger partial charge on any atom is -0.863 e. The van der Waals surface area contributed by atoms with Crippen molar-refractivity contribution >= 4 is 54.8 Å². The standard InChI is InChI=1S/C6H3N3O8.Ca/c10-5-2(7(12)13)1-3(8(14)15)6(11)4(5)9(16)17;/h1,10-11H;/q;+2/p-2. The summed E-state index contributed by atoms with van der Waals surface area (Å²) in [6.07, 6.45) is 0. The third-order valence-corrected chi connectivity index (χ3v) is 1.74. The zero-order valence-corrected chi connectivity index (χ0v) is 10.6. The second-order valence-electron chi connectivity index (χ2n) is 2.69. The molecule has 0 N–H and O–H groups in total. The Hall–Kier alpha value is -1.72. The Balaban J connectivity index is 0.00000289. The van der Waals surface area contributed by atoms with E-state index in [9.17, 15) is 40.6 Å². The van der Waals surface area contributed by atoms with Crippen LogP contribution in [-0.4, -0.2) is 52.5 Å². The fourth-order valence-corrected chi connectivity index (χ4v) is 1.04. The summed E-state index contributed by atoms with van der Waals surface area (Å²) in [7, 11) is 0. The van der Waals surface area contributed by atoms with Crippen molar-refractivity contribution in [3.05, 3.63) is 36.4 Å². The monoisotopic (exact) mass is 283 g/mol. The molecular formula is C6HCaN3O8. The Morgan fingerprint density at radius 2 is 1.11 bits per heavy atom. The second-order valence-corrected chi connectivity index (χ2v) is 2.69. The molecule has 0 aliphatic carbocycles. The van der Waals surface area contributed by atoms with Gasteiger partial charge in [0, 0.05) is 0 Å². The van der Waals surface area contributed by atoms with Crippen LogP contribution in [0.2, 0.25) is 0 Å². The molecule has 0 atom stereocenters. The van der Waals surface area contributed by atoms with Crippen LogP contribution in [-0.2, 0) is 0 Å². The van der Waals surface area contributed by atoms with Crippen LogP contribution in [0.3, 0.4) is 0 Å². The third kappa shape index (κ3) is 2.75. The van der Waals surface area contributed by atoms with Crippen molar-refractivity contribution in [3.8, 4) is 11.5 Å². The van der Waals surface area contributed by atoms with Gasteiger partial charge in [0.2, 0.25) is 0 Å². The molecule has 0 aliphatic rings. The van der Waals surface area contributed by atoms with Crippen LogP contribution in [0.5, 0.6) is 11.5 Å². The molecule has 0 amide bonds. The van der Waals surface area contributed by atoms with Gasteiger partial charge in [0.25, 0.3) is 17.1 Å². The topological polar surface area (TPSA) is 176 Å². The van der Waals surface area contributed by atoms with Gasteiger partial charge < -0.3 is 10.2 Å². The van der Waals surface area contributed by atoms with E-state index >= 15 is 0 Å². The molecule has 0 heterocycles. The van der Waals surface area contributed by atoms with E-state index in [1.165, 1.54) is 0 Å². The Labute approximate surface area is 127 Å². The van der Waals surface area contributed by atoms with E-state index < -0.39 is 43.3 Å².